The second kappa shape index (κ2) is 6.11. The lowest BCUT2D eigenvalue weighted by atomic mass is 10.7. The number of aromatic amines is 1. The largest absolute Gasteiger partial charge is 0.741 e. The highest BCUT2D eigenvalue weighted by atomic mass is 32.2. The molecule has 0 spiro atoms. The maximum atomic E-state index is 10.7. The van der Waals surface area contributed by atoms with E-state index in [1.54, 1.807) is 0 Å². The lowest BCUT2D eigenvalue weighted by molar-refractivity contribution is -0.691. The Morgan fingerprint density at radius 1 is 1.44 bits per heavy atom. The van der Waals surface area contributed by atoms with E-state index in [1.165, 1.54) is 0 Å². The number of aromatic nitrogens is 2. The number of imidazole rings is 1. The fraction of sp³-hybridized carbons (Fsp3) is 0.500. The summed E-state index contributed by atoms with van der Waals surface area (Å²) < 4.78 is 61.0. The first-order valence-electron chi connectivity index (χ1n) is 3.83. The molecule has 0 aromatic carbocycles. The van der Waals surface area contributed by atoms with E-state index in [1.807, 2.05) is 23.3 Å². The van der Waals surface area contributed by atoms with Crippen LogP contribution in [0, 0.1) is 0 Å². The van der Waals surface area contributed by atoms with Crippen molar-refractivity contribution in [1.82, 2.24) is 4.98 Å². The van der Waals surface area contributed by atoms with Crippen LogP contribution >= 0.6 is 12.6 Å². The lowest BCUT2D eigenvalue weighted by Gasteiger charge is -2.08. The highest BCUT2D eigenvalue weighted by Crippen LogP contribution is 2.20. The van der Waals surface area contributed by atoms with Crippen molar-refractivity contribution in [3.63, 3.8) is 0 Å². The van der Waals surface area contributed by atoms with Gasteiger partial charge in [0.2, 0.25) is 6.33 Å². The minimum atomic E-state index is -6.09. The molecule has 0 bridgehead atoms. The number of rotatable bonds is 2. The van der Waals surface area contributed by atoms with E-state index in [4.69, 9.17) is 13.0 Å². The molecule has 1 N–H and O–H groups in total. The summed E-state index contributed by atoms with van der Waals surface area (Å²) in [4.78, 5) is 2.94. The van der Waals surface area contributed by atoms with E-state index in [2.05, 4.69) is 17.6 Å². The molecule has 0 fully saturated rings. The molecule has 94 valence electrons. The van der Waals surface area contributed by atoms with Gasteiger partial charge in [0, 0.05) is 5.75 Å². The van der Waals surface area contributed by atoms with Gasteiger partial charge in [-0.1, -0.05) is 0 Å². The molecule has 0 aliphatic carbocycles. The number of hydrogen-bond donors (Lipinski definition) is 2. The average Bonchev–Trinajstić information content (AvgIpc) is 2.54. The number of thiol groups is 1. The summed E-state index contributed by atoms with van der Waals surface area (Å²) in [5.41, 5.74) is -5.65. The molecule has 0 aliphatic heterocycles. The summed E-state index contributed by atoms with van der Waals surface area (Å²) in [6.07, 6.45) is 5.79. The molecule has 16 heavy (non-hydrogen) atoms. The number of alkyl halides is 3. The molecule has 0 aliphatic rings. The van der Waals surface area contributed by atoms with Gasteiger partial charge in [0.25, 0.3) is 0 Å². The van der Waals surface area contributed by atoms with E-state index in [0.29, 0.717) is 0 Å². The lowest BCUT2D eigenvalue weighted by Crippen LogP contribution is -2.31. The minimum Gasteiger partial charge on any atom is -0.741 e. The van der Waals surface area contributed by atoms with Gasteiger partial charge >= 0.3 is 5.51 Å². The molecule has 1 rings (SSSR count). The molecule has 0 radical (unpaired) electrons. The van der Waals surface area contributed by atoms with Gasteiger partial charge in [0.05, 0.1) is 6.54 Å². The first-order chi connectivity index (χ1) is 7.18. The molecule has 1 aromatic heterocycles. The Labute approximate surface area is 95.5 Å². The summed E-state index contributed by atoms with van der Waals surface area (Å²) in [6.45, 7) is 0.979. The zero-order valence-corrected chi connectivity index (χ0v) is 9.52. The quantitative estimate of drug-likeness (QED) is 0.353. The summed E-state index contributed by atoms with van der Waals surface area (Å²) in [5.74, 6) is 0.891. The van der Waals surface area contributed by atoms with Crippen LogP contribution < -0.4 is 4.57 Å². The first kappa shape index (κ1) is 15.3. The molecule has 0 saturated heterocycles. The minimum absolute atomic E-state index is 0.891. The second-order valence-electron chi connectivity index (χ2n) is 2.47. The third-order valence-electron chi connectivity index (χ3n) is 1.24. The van der Waals surface area contributed by atoms with Crippen molar-refractivity contribution < 1.29 is 30.7 Å². The van der Waals surface area contributed by atoms with Crippen LogP contribution in [0.15, 0.2) is 18.7 Å². The maximum absolute atomic E-state index is 10.7. The number of hydrogen-bond acceptors (Lipinski definition) is 4. The third-order valence-corrected chi connectivity index (χ3v) is 2.01. The van der Waals surface area contributed by atoms with Crippen LogP contribution in [0.5, 0.6) is 0 Å². The Balaban J connectivity index is 0.000000281. The Bertz CT molecular complexity index is 388. The molecule has 0 atom stereocenters. The normalized spacial score (nSPS) is 11.8. The number of H-pyrrole nitrogens is 1. The maximum Gasteiger partial charge on any atom is 0.485 e. The fourth-order valence-corrected chi connectivity index (χ4v) is 0.806. The average molecular weight is 278 g/mol. The highest BCUT2D eigenvalue weighted by molar-refractivity contribution is 7.86. The molecule has 1 aromatic rings. The summed E-state index contributed by atoms with van der Waals surface area (Å²) in [6, 6.07) is 0. The molecule has 1 heterocycles. The number of nitrogens with zero attached hydrogens (tertiary/aromatic N) is 1. The van der Waals surface area contributed by atoms with Crippen LogP contribution in [0.3, 0.4) is 0 Å². The van der Waals surface area contributed by atoms with Crippen LogP contribution in [-0.2, 0) is 16.7 Å². The second-order valence-corrected chi connectivity index (χ2v) is 4.29. The van der Waals surface area contributed by atoms with Crippen molar-refractivity contribution in [3.8, 4) is 0 Å². The first-order valence-corrected chi connectivity index (χ1v) is 5.87. The van der Waals surface area contributed by atoms with Gasteiger partial charge in [-0.05, 0) is 0 Å². The van der Waals surface area contributed by atoms with E-state index < -0.39 is 15.6 Å². The summed E-state index contributed by atoms with van der Waals surface area (Å²) >= 11 is 4.07. The number of aryl methyl sites for hydroxylation is 1. The van der Waals surface area contributed by atoms with Crippen molar-refractivity contribution in [3.05, 3.63) is 18.7 Å². The van der Waals surface area contributed by atoms with Crippen LogP contribution in [0.25, 0.3) is 0 Å². The monoisotopic (exact) mass is 278 g/mol. The topological polar surface area (TPSA) is 76.9 Å². The zero-order chi connectivity index (χ0) is 12.8. The molecule has 0 saturated carbocycles. The van der Waals surface area contributed by atoms with Gasteiger partial charge in [0.1, 0.15) is 12.4 Å². The van der Waals surface area contributed by atoms with Crippen LogP contribution in [0.1, 0.15) is 0 Å². The Morgan fingerprint density at radius 3 is 2.19 bits per heavy atom. The molecular formula is C6H9F3N2O3S2. The van der Waals surface area contributed by atoms with Crippen molar-refractivity contribution in [2.45, 2.75) is 12.1 Å². The standard InChI is InChI=1S/C5H8N2S.CHF3O3S/c8-4-3-7-2-1-6-5-7;2-1(3,4)8(5,6)7/h1-2,5,8H,3-4H2;(H,5,6,7). The van der Waals surface area contributed by atoms with Gasteiger partial charge < -0.3 is 4.55 Å². The van der Waals surface area contributed by atoms with E-state index >= 15 is 0 Å². The summed E-state index contributed by atoms with van der Waals surface area (Å²) in [5, 5.41) is 0. The van der Waals surface area contributed by atoms with Crippen LogP contribution in [0.4, 0.5) is 13.2 Å². The fourth-order valence-electron chi connectivity index (χ4n) is 0.575. The predicted molar refractivity (Wildman–Crippen MR) is 50.6 cm³/mol. The van der Waals surface area contributed by atoms with E-state index in [0.717, 1.165) is 12.3 Å². The molecule has 0 amide bonds. The van der Waals surface area contributed by atoms with Crippen molar-refractivity contribution in [2.24, 2.45) is 0 Å². The molecule has 10 heteroatoms. The molecular weight excluding hydrogens is 269 g/mol. The van der Waals surface area contributed by atoms with Gasteiger partial charge in [-0.15, -0.1) is 0 Å². The Kier molecular flexibility index (Phi) is 5.83. The SMILES string of the molecule is O=S(=O)([O-])C(F)(F)F.SCC[n+]1cc[nH]c1. The van der Waals surface area contributed by atoms with Crippen molar-refractivity contribution in [1.29, 1.82) is 0 Å². The third kappa shape index (κ3) is 5.98. The van der Waals surface area contributed by atoms with Gasteiger partial charge in [-0.25, -0.2) is 13.0 Å². The van der Waals surface area contributed by atoms with Gasteiger partial charge in [-0.2, -0.15) is 25.8 Å². The van der Waals surface area contributed by atoms with Crippen molar-refractivity contribution in [2.75, 3.05) is 5.75 Å². The Morgan fingerprint density at radius 2 is 1.94 bits per heavy atom. The van der Waals surface area contributed by atoms with Crippen LogP contribution in [-0.4, -0.2) is 29.2 Å². The molecule has 5 nitrogen and oxygen atoms in total. The Hall–Kier alpha value is -0.740. The van der Waals surface area contributed by atoms with Crippen LogP contribution in [0.2, 0.25) is 0 Å². The van der Waals surface area contributed by atoms with E-state index in [-0.39, 0.29) is 0 Å². The van der Waals surface area contributed by atoms with Crippen molar-refractivity contribution >= 4 is 22.7 Å². The van der Waals surface area contributed by atoms with Gasteiger partial charge in [-0.3, -0.25) is 4.98 Å². The summed E-state index contributed by atoms with van der Waals surface area (Å²) in [7, 11) is -6.09. The smallest absolute Gasteiger partial charge is 0.485 e. The number of halogens is 3. The van der Waals surface area contributed by atoms with E-state index in [9.17, 15) is 13.2 Å². The zero-order valence-electron chi connectivity index (χ0n) is 7.81. The number of nitrogens with one attached hydrogen (secondary N) is 1. The highest BCUT2D eigenvalue weighted by Gasteiger charge is 2.36. The van der Waals surface area contributed by atoms with Gasteiger partial charge in [0.15, 0.2) is 10.1 Å². The molecule has 0 unspecified atom stereocenters. The predicted octanol–water partition coefficient (Wildman–Crippen LogP) is 0.283.